The van der Waals surface area contributed by atoms with E-state index in [1.165, 1.54) is 12.1 Å². The first-order valence-corrected chi connectivity index (χ1v) is 4.28. The Bertz CT molecular complexity index is 265. The third-order valence-electron chi connectivity index (χ3n) is 1.34. The predicted molar refractivity (Wildman–Crippen MR) is 48.6 cm³/mol. The third kappa shape index (κ3) is 2.44. The average Bonchev–Trinajstić information content (AvgIpc) is 2.07. The van der Waals surface area contributed by atoms with Crippen molar-refractivity contribution < 1.29 is 8.78 Å². The van der Waals surface area contributed by atoms with Gasteiger partial charge in [0, 0.05) is 11.0 Å². The fraction of sp³-hybridized carbons (Fsp3) is 0.250. The lowest BCUT2D eigenvalue weighted by Gasteiger charge is -2.05. The van der Waals surface area contributed by atoms with Gasteiger partial charge >= 0.3 is 0 Å². The molecule has 0 radical (unpaired) electrons. The van der Waals surface area contributed by atoms with Crippen molar-refractivity contribution in [1.82, 2.24) is 0 Å². The molecule has 1 nitrogen and oxygen atoms in total. The minimum absolute atomic E-state index is 0.196. The van der Waals surface area contributed by atoms with Crippen molar-refractivity contribution in [1.29, 1.82) is 0 Å². The molecule has 1 aromatic carbocycles. The monoisotopic (exact) mass is 235 g/mol. The highest BCUT2D eigenvalue weighted by Gasteiger charge is 1.99. The molecule has 12 heavy (non-hydrogen) atoms. The Hall–Kier alpha value is -0.640. The normalized spacial score (nSPS) is 9.92. The van der Waals surface area contributed by atoms with Crippen LogP contribution in [0.25, 0.3) is 0 Å². The van der Waals surface area contributed by atoms with E-state index in [1.807, 2.05) is 0 Å². The second-order valence-electron chi connectivity index (χ2n) is 2.24. The first-order chi connectivity index (χ1) is 5.74. The van der Waals surface area contributed by atoms with Crippen LogP contribution in [-0.2, 0) is 0 Å². The summed E-state index contributed by atoms with van der Waals surface area (Å²) in [6.07, 6.45) is 0. The number of halogens is 3. The molecular formula is C8H8BrF2N. The van der Waals surface area contributed by atoms with Crippen molar-refractivity contribution in [3.8, 4) is 0 Å². The number of alkyl halides is 1. The third-order valence-corrected chi connectivity index (χ3v) is 2.03. The summed E-state index contributed by atoms with van der Waals surface area (Å²) in [4.78, 5) is 0. The van der Waals surface area contributed by atoms with Crippen LogP contribution in [0, 0.1) is 5.82 Å². The van der Waals surface area contributed by atoms with Gasteiger partial charge in [0.25, 0.3) is 0 Å². The summed E-state index contributed by atoms with van der Waals surface area (Å²) < 4.78 is 25.1. The lowest BCUT2D eigenvalue weighted by atomic mass is 10.3. The molecular weight excluding hydrogens is 228 g/mol. The Morgan fingerprint density at radius 2 is 2.17 bits per heavy atom. The van der Waals surface area contributed by atoms with Crippen LogP contribution in [0.4, 0.5) is 14.5 Å². The topological polar surface area (TPSA) is 12.0 Å². The Morgan fingerprint density at radius 3 is 2.83 bits per heavy atom. The fourth-order valence-corrected chi connectivity index (χ4v) is 1.20. The van der Waals surface area contributed by atoms with E-state index >= 15 is 0 Å². The van der Waals surface area contributed by atoms with Crippen LogP contribution in [0.5, 0.6) is 0 Å². The molecule has 1 N–H and O–H groups in total. The lowest BCUT2D eigenvalue weighted by molar-refractivity contribution is 0.512. The molecule has 0 aliphatic heterocycles. The minimum atomic E-state index is -0.469. The van der Waals surface area contributed by atoms with Gasteiger partial charge < -0.3 is 5.32 Å². The number of nitrogens with one attached hydrogen (secondary N) is 1. The van der Waals surface area contributed by atoms with E-state index in [0.29, 0.717) is 5.69 Å². The summed E-state index contributed by atoms with van der Waals surface area (Å²) in [7, 11) is 0. The highest BCUT2D eigenvalue weighted by atomic mass is 79.9. The van der Waals surface area contributed by atoms with Crippen molar-refractivity contribution in [2.45, 2.75) is 0 Å². The van der Waals surface area contributed by atoms with Gasteiger partial charge in [-0.1, -0.05) is 0 Å². The van der Waals surface area contributed by atoms with Crippen LogP contribution in [0.2, 0.25) is 0 Å². The maximum Gasteiger partial charge on any atom is 0.125 e. The Kier molecular flexibility index (Phi) is 3.47. The maximum atomic E-state index is 12.6. The van der Waals surface area contributed by atoms with E-state index in [9.17, 15) is 8.78 Å². The van der Waals surface area contributed by atoms with Crippen molar-refractivity contribution in [2.24, 2.45) is 0 Å². The van der Waals surface area contributed by atoms with E-state index < -0.39 is 6.67 Å². The number of rotatable bonds is 3. The molecule has 0 saturated carbocycles. The van der Waals surface area contributed by atoms with Gasteiger partial charge in [-0.3, -0.25) is 0 Å². The summed E-state index contributed by atoms with van der Waals surface area (Å²) in [5.74, 6) is -0.334. The SMILES string of the molecule is FCCNc1cc(F)ccc1Br. The Morgan fingerprint density at radius 1 is 1.42 bits per heavy atom. The average molecular weight is 236 g/mol. The smallest absolute Gasteiger partial charge is 0.125 e. The van der Waals surface area contributed by atoms with Gasteiger partial charge in [0.2, 0.25) is 0 Å². The van der Waals surface area contributed by atoms with Crippen LogP contribution < -0.4 is 5.32 Å². The lowest BCUT2D eigenvalue weighted by Crippen LogP contribution is -2.03. The second-order valence-corrected chi connectivity index (χ2v) is 3.09. The van der Waals surface area contributed by atoms with Crippen molar-refractivity contribution in [3.05, 3.63) is 28.5 Å². The summed E-state index contributed by atoms with van der Waals surface area (Å²) in [6, 6.07) is 4.24. The van der Waals surface area contributed by atoms with E-state index in [2.05, 4.69) is 21.2 Å². The van der Waals surface area contributed by atoms with Crippen molar-refractivity contribution in [2.75, 3.05) is 18.5 Å². The zero-order valence-corrected chi connectivity index (χ0v) is 7.87. The van der Waals surface area contributed by atoms with E-state index in [1.54, 1.807) is 6.07 Å². The van der Waals surface area contributed by atoms with Crippen LogP contribution >= 0.6 is 15.9 Å². The van der Waals surface area contributed by atoms with Crippen LogP contribution in [0.1, 0.15) is 0 Å². The quantitative estimate of drug-likeness (QED) is 0.850. The van der Waals surface area contributed by atoms with Gasteiger partial charge in [0.05, 0.1) is 5.69 Å². The van der Waals surface area contributed by atoms with E-state index in [0.717, 1.165) is 4.47 Å². The zero-order valence-electron chi connectivity index (χ0n) is 6.28. The first-order valence-electron chi connectivity index (χ1n) is 3.49. The Balaban J connectivity index is 2.75. The van der Waals surface area contributed by atoms with E-state index in [4.69, 9.17) is 0 Å². The maximum absolute atomic E-state index is 12.6. The van der Waals surface area contributed by atoms with Gasteiger partial charge in [-0.2, -0.15) is 0 Å². The molecule has 0 unspecified atom stereocenters. The zero-order chi connectivity index (χ0) is 8.97. The van der Waals surface area contributed by atoms with Gasteiger partial charge in [0.1, 0.15) is 12.5 Å². The molecule has 1 aromatic rings. The molecule has 66 valence electrons. The molecule has 0 aliphatic rings. The summed E-state index contributed by atoms with van der Waals surface area (Å²) in [5, 5.41) is 2.74. The van der Waals surface area contributed by atoms with Gasteiger partial charge in [-0.15, -0.1) is 0 Å². The van der Waals surface area contributed by atoms with Crippen LogP contribution in [0.15, 0.2) is 22.7 Å². The number of hydrogen-bond donors (Lipinski definition) is 1. The largest absolute Gasteiger partial charge is 0.381 e. The molecule has 0 spiro atoms. The Labute approximate surface area is 77.9 Å². The van der Waals surface area contributed by atoms with Gasteiger partial charge in [-0.05, 0) is 34.1 Å². The highest BCUT2D eigenvalue weighted by Crippen LogP contribution is 2.22. The van der Waals surface area contributed by atoms with Gasteiger partial charge in [0.15, 0.2) is 0 Å². The predicted octanol–water partition coefficient (Wildman–Crippen LogP) is 2.97. The fourth-order valence-electron chi connectivity index (χ4n) is 0.815. The first kappa shape index (κ1) is 9.45. The molecule has 0 aliphatic carbocycles. The number of hydrogen-bond acceptors (Lipinski definition) is 1. The molecule has 0 saturated heterocycles. The molecule has 0 heterocycles. The van der Waals surface area contributed by atoms with Crippen molar-refractivity contribution >= 4 is 21.6 Å². The van der Waals surface area contributed by atoms with Gasteiger partial charge in [-0.25, -0.2) is 8.78 Å². The van der Waals surface area contributed by atoms with Crippen molar-refractivity contribution in [3.63, 3.8) is 0 Å². The summed E-state index contributed by atoms with van der Waals surface area (Å²) in [5.41, 5.74) is 0.577. The molecule has 0 bridgehead atoms. The molecule has 4 heteroatoms. The standard InChI is InChI=1S/C8H8BrF2N/c9-7-2-1-6(11)5-8(7)12-4-3-10/h1-2,5,12H,3-4H2. The molecule has 1 rings (SSSR count). The second kappa shape index (κ2) is 4.40. The van der Waals surface area contributed by atoms with E-state index in [-0.39, 0.29) is 12.4 Å². The molecule has 0 amide bonds. The number of benzene rings is 1. The summed E-state index contributed by atoms with van der Waals surface area (Å²) >= 11 is 3.21. The minimum Gasteiger partial charge on any atom is -0.381 e. The van der Waals surface area contributed by atoms with Crippen LogP contribution in [-0.4, -0.2) is 13.2 Å². The highest BCUT2D eigenvalue weighted by molar-refractivity contribution is 9.10. The molecule has 0 fully saturated rings. The molecule has 0 atom stereocenters. The number of anilines is 1. The summed E-state index contributed by atoms with van der Waals surface area (Å²) in [6.45, 7) is -0.273. The molecule has 0 aromatic heterocycles. The van der Waals surface area contributed by atoms with Crippen LogP contribution in [0.3, 0.4) is 0 Å².